The molecule has 0 aliphatic rings. The molecule has 0 saturated heterocycles. The summed E-state index contributed by atoms with van der Waals surface area (Å²) in [6, 6.07) is 1.82. The lowest BCUT2D eigenvalue weighted by molar-refractivity contribution is 0.220. The van der Waals surface area contributed by atoms with Crippen LogP contribution in [0.25, 0.3) is 0 Å². The predicted octanol–water partition coefficient (Wildman–Crippen LogP) is 3.37. The lowest BCUT2D eigenvalue weighted by atomic mass is 10.1. The molecule has 0 fully saturated rings. The Labute approximate surface area is 136 Å². The molecule has 0 unspecified atom stereocenters. The van der Waals surface area contributed by atoms with E-state index in [-0.39, 0.29) is 12.1 Å². The first kappa shape index (κ1) is 17.1. The minimum Gasteiger partial charge on any atom is -0.361 e. The van der Waals surface area contributed by atoms with Crippen molar-refractivity contribution >= 4 is 11.8 Å². The van der Waals surface area contributed by atoms with Crippen LogP contribution in [0.1, 0.15) is 43.8 Å². The maximum absolute atomic E-state index is 12.4. The number of nitrogens with zero attached hydrogens (tertiary/aromatic N) is 4. The van der Waals surface area contributed by atoms with Crippen LogP contribution in [0.15, 0.2) is 16.8 Å². The van der Waals surface area contributed by atoms with Gasteiger partial charge in [0.1, 0.15) is 11.6 Å². The van der Waals surface area contributed by atoms with Gasteiger partial charge in [0.15, 0.2) is 0 Å². The van der Waals surface area contributed by atoms with Gasteiger partial charge in [-0.05, 0) is 26.7 Å². The summed E-state index contributed by atoms with van der Waals surface area (Å²) in [6.45, 7) is 10.5. The van der Waals surface area contributed by atoms with Crippen LogP contribution in [0, 0.1) is 19.8 Å². The van der Waals surface area contributed by atoms with Crippen molar-refractivity contribution in [2.24, 2.45) is 5.92 Å². The highest BCUT2D eigenvalue weighted by Gasteiger charge is 2.19. The van der Waals surface area contributed by atoms with Gasteiger partial charge in [0, 0.05) is 18.7 Å². The topological polar surface area (TPSA) is 76.2 Å². The smallest absolute Gasteiger partial charge is 0.323 e. The summed E-state index contributed by atoms with van der Waals surface area (Å²) >= 11 is 0. The average Bonchev–Trinajstić information content (AvgIpc) is 3.07. The standard InChI is InChI=1S/C16H25N5O2/c1-10(2)12(4)21-15(7-8-17-21)18-16(22)20(6)9-14-11(3)19-23-13(14)5/h7-8,10,12H,9H2,1-6H3,(H,18,22)/t12-/m0/s1. The minimum absolute atomic E-state index is 0.192. The van der Waals surface area contributed by atoms with Crippen LogP contribution >= 0.6 is 0 Å². The molecule has 0 radical (unpaired) electrons. The molecular formula is C16H25N5O2. The quantitative estimate of drug-likeness (QED) is 0.916. The molecule has 0 spiro atoms. The van der Waals surface area contributed by atoms with Gasteiger partial charge in [-0.2, -0.15) is 5.10 Å². The third-order valence-corrected chi connectivity index (χ3v) is 4.18. The van der Waals surface area contributed by atoms with Crippen LogP contribution in [-0.2, 0) is 6.54 Å². The average molecular weight is 319 g/mol. The van der Waals surface area contributed by atoms with Crippen LogP contribution in [0.5, 0.6) is 0 Å². The first-order chi connectivity index (χ1) is 10.8. The van der Waals surface area contributed by atoms with Crippen LogP contribution in [0.3, 0.4) is 0 Å². The molecule has 1 atom stereocenters. The lowest BCUT2D eigenvalue weighted by Crippen LogP contribution is -2.32. The Morgan fingerprint density at radius 2 is 2.09 bits per heavy atom. The van der Waals surface area contributed by atoms with Crippen molar-refractivity contribution < 1.29 is 9.32 Å². The zero-order valence-corrected chi connectivity index (χ0v) is 14.6. The third kappa shape index (κ3) is 3.72. The second-order valence-electron chi connectivity index (χ2n) is 6.23. The van der Waals surface area contributed by atoms with Crippen LogP contribution in [0.4, 0.5) is 10.6 Å². The molecule has 126 valence electrons. The molecule has 2 aromatic rings. The maximum atomic E-state index is 12.4. The molecule has 7 heteroatoms. The largest absolute Gasteiger partial charge is 0.361 e. The number of nitrogens with one attached hydrogen (secondary N) is 1. The van der Waals surface area contributed by atoms with E-state index < -0.39 is 0 Å². The number of aromatic nitrogens is 3. The number of carbonyl (C=O) groups is 1. The Kier molecular flexibility index (Phi) is 5.08. The summed E-state index contributed by atoms with van der Waals surface area (Å²) in [5.41, 5.74) is 1.74. The highest BCUT2D eigenvalue weighted by molar-refractivity contribution is 5.88. The molecule has 2 heterocycles. The molecular weight excluding hydrogens is 294 g/mol. The Morgan fingerprint density at radius 1 is 1.39 bits per heavy atom. The van der Waals surface area contributed by atoms with Gasteiger partial charge in [0.05, 0.1) is 24.5 Å². The van der Waals surface area contributed by atoms with E-state index in [1.807, 2.05) is 18.5 Å². The fraction of sp³-hybridized carbons (Fsp3) is 0.562. The number of carbonyl (C=O) groups excluding carboxylic acids is 1. The van der Waals surface area contributed by atoms with E-state index in [1.165, 1.54) is 0 Å². The molecule has 2 aromatic heterocycles. The monoisotopic (exact) mass is 319 g/mol. The van der Waals surface area contributed by atoms with Crippen molar-refractivity contribution in [3.63, 3.8) is 0 Å². The van der Waals surface area contributed by atoms with Crippen molar-refractivity contribution in [2.75, 3.05) is 12.4 Å². The van der Waals surface area contributed by atoms with E-state index in [9.17, 15) is 4.79 Å². The number of anilines is 1. The first-order valence-corrected chi connectivity index (χ1v) is 7.78. The van der Waals surface area contributed by atoms with Gasteiger partial charge in [-0.15, -0.1) is 0 Å². The SMILES string of the molecule is Cc1noc(C)c1CN(C)C(=O)Nc1ccnn1[C@@H](C)C(C)C. The molecule has 0 saturated carbocycles. The number of urea groups is 1. The van der Waals surface area contributed by atoms with Crippen molar-refractivity contribution in [2.45, 2.75) is 47.2 Å². The van der Waals surface area contributed by atoms with Crippen LogP contribution in [0.2, 0.25) is 0 Å². The molecule has 1 N–H and O–H groups in total. The third-order valence-electron chi connectivity index (χ3n) is 4.18. The van der Waals surface area contributed by atoms with Crippen molar-refractivity contribution in [1.29, 1.82) is 0 Å². The molecule has 7 nitrogen and oxygen atoms in total. The highest BCUT2D eigenvalue weighted by atomic mass is 16.5. The van der Waals surface area contributed by atoms with E-state index in [0.717, 1.165) is 17.0 Å². The molecule has 0 aromatic carbocycles. The summed E-state index contributed by atoms with van der Waals surface area (Å²) in [6.07, 6.45) is 1.70. The summed E-state index contributed by atoms with van der Waals surface area (Å²) in [5, 5.41) is 11.1. The van der Waals surface area contributed by atoms with Crippen molar-refractivity contribution in [3.05, 3.63) is 29.3 Å². The molecule has 23 heavy (non-hydrogen) atoms. The van der Waals surface area contributed by atoms with E-state index in [4.69, 9.17) is 4.52 Å². The second kappa shape index (κ2) is 6.85. The second-order valence-corrected chi connectivity index (χ2v) is 6.23. The number of rotatable bonds is 5. The molecule has 2 amide bonds. The Morgan fingerprint density at radius 3 is 2.65 bits per heavy atom. The fourth-order valence-electron chi connectivity index (χ4n) is 2.26. The predicted molar refractivity (Wildman–Crippen MR) is 88.2 cm³/mol. The van der Waals surface area contributed by atoms with Gasteiger partial charge in [-0.3, -0.25) is 5.32 Å². The summed E-state index contributed by atoms with van der Waals surface area (Å²) < 4.78 is 6.98. The van der Waals surface area contributed by atoms with Gasteiger partial charge >= 0.3 is 6.03 Å². The van der Waals surface area contributed by atoms with Crippen LogP contribution < -0.4 is 5.32 Å². The van der Waals surface area contributed by atoms with Gasteiger partial charge in [-0.25, -0.2) is 9.48 Å². The number of aryl methyl sites for hydroxylation is 2. The first-order valence-electron chi connectivity index (χ1n) is 7.78. The van der Waals surface area contributed by atoms with Gasteiger partial charge < -0.3 is 9.42 Å². The molecule has 2 rings (SSSR count). The van der Waals surface area contributed by atoms with Crippen LogP contribution in [-0.4, -0.2) is 32.9 Å². The number of amides is 2. The number of hydrogen-bond acceptors (Lipinski definition) is 4. The zero-order chi connectivity index (χ0) is 17.1. The van der Waals surface area contributed by atoms with Gasteiger partial charge in [-0.1, -0.05) is 19.0 Å². The Balaban J connectivity index is 2.06. The minimum atomic E-state index is -0.192. The van der Waals surface area contributed by atoms with E-state index in [0.29, 0.717) is 18.3 Å². The molecule has 0 bridgehead atoms. The summed E-state index contributed by atoms with van der Waals surface area (Å²) in [7, 11) is 1.74. The number of hydrogen-bond donors (Lipinski definition) is 1. The molecule has 0 aliphatic carbocycles. The van der Waals surface area contributed by atoms with Gasteiger partial charge in [0.2, 0.25) is 0 Å². The van der Waals surface area contributed by atoms with E-state index in [1.54, 1.807) is 24.2 Å². The van der Waals surface area contributed by atoms with Gasteiger partial charge in [0.25, 0.3) is 0 Å². The van der Waals surface area contributed by atoms with E-state index >= 15 is 0 Å². The maximum Gasteiger partial charge on any atom is 0.323 e. The normalized spacial score (nSPS) is 12.5. The fourth-order valence-corrected chi connectivity index (χ4v) is 2.26. The van der Waals surface area contributed by atoms with Crippen molar-refractivity contribution in [3.8, 4) is 0 Å². The lowest BCUT2D eigenvalue weighted by Gasteiger charge is -2.21. The molecule has 0 aliphatic heterocycles. The zero-order valence-electron chi connectivity index (χ0n) is 14.6. The van der Waals surface area contributed by atoms with Crippen molar-refractivity contribution in [1.82, 2.24) is 19.8 Å². The summed E-state index contributed by atoms with van der Waals surface area (Å²) in [4.78, 5) is 14.0. The Hall–Kier alpha value is -2.31. The highest BCUT2D eigenvalue weighted by Crippen LogP contribution is 2.21. The van der Waals surface area contributed by atoms with E-state index in [2.05, 4.69) is 36.3 Å². The Bertz CT molecular complexity index is 654. The summed E-state index contributed by atoms with van der Waals surface area (Å²) in [5.74, 6) is 1.85.